The van der Waals surface area contributed by atoms with Gasteiger partial charge in [-0.05, 0) is 51.2 Å². The molecule has 0 aliphatic rings. The maximum atomic E-state index is 14.7. The first-order chi connectivity index (χ1) is 15.4. The molecule has 180 valence electrons. The van der Waals surface area contributed by atoms with Gasteiger partial charge in [-0.25, -0.2) is 13.9 Å². The van der Waals surface area contributed by atoms with Crippen molar-refractivity contribution < 1.29 is 18.7 Å². The summed E-state index contributed by atoms with van der Waals surface area (Å²) in [7, 11) is 0. The van der Waals surface area contributed by atoms with Crippen molar-refractivity contribution in [1.29, 1.82) is 0 Å². The molecular formula is C25H35FN4O3. The Morgan fingerprint density at radius 1 is 1.18 bits per heavy atom. The van der Waals surface area contributed by atoms with Crippen molar-refractivity contribution >= 4 is 17.4 Å². The Labute approximate surface area is 195 Å². The van der Waals surface area contributed by atoms with E-state index in [0.717, 1.165) is 6.42 Å². The molecule has 0 aliphatic heterocycles. The van der Waals surface area contributed by atoms with Gasteiger partial charge in [-0.15, -0.1) is 0 Å². The average Bonchev–Trinajstić information content (AvgIpc) is 3.12. The second kappa shape index (κ2) is 11.1. The predicted octanol–water partition coefficient (Wildman–Crippen LogP) is 5.53. The summed E-state index contributed by atoms with van der Waals surface area (Å²) in [6.07, 6.45) is 2.69. The minimum atomic E-state index is -0.378. The normalized spacial score (nSPS) is 12.3. The highest BCUT2D eigenvalue weighted by Gasteiger charge is 2.14. The number of carbonyl (C=O) groups excluding carboxylic acids is 1. The number of ether oxygens (including phenoxy) is 2. The van der Waals surface area contributed by atoms with Crippen molar-refractivity contribution in [1.82, 2.24) is 14.6 Å². The van der Waals surface area contributed by atoms with Crippen LogP contribution in [0.25, 0.3) is 16.9 Å². The van der Waals surface area contributed by atoms with Crippen LogP contribution in [-0.2, 0) is 9.53 Å². The van der Waals surface area contributed by atoms with Crippen LogP contribution < -0.4 is 10.5 Å². The number of nitrogen functional groups attached to an aromatic ring is 1. The van der Waals surface area contributed by atoms with Crippen LogP contribution in [0.3, 0.4) is 0 Å². The summed E-state index contributed by atoms with van der Waals surface area (Å²) in [5, 5.41) is 4.19. The number of nitrogens with two attached hydrogens (primary N) is 1. The lowest BCUT2D eigenvalue weighted by Gasteiger charge is -2.17. The number of carbonyl (C=O) groups is 1. The highest BCUT2D eigenvalue weighted by atomic mass is 19.1. The van der Waals surface area contributed by atoms with Crippen molar-refractivity contribution in [3.63, 3.8) is 0 Å². The van der Waals surface area contributed by atoms with Gasteiger partial charge in [-0.3, -0.25) is 4.79 Å². The smallest absolute Gasteiger partial charge is 0.303 e. The van der Waals surface area contributed by atoms with Crippen molar-refractivity contribution in [2.75, 3.05) is 12.3 Å². The van der Waals surface area contributed by atoms with Gasteiger partial charge >= 0.3 is 5.97 Å². The molecule has 0 bridgehead atoms. The van der Waals surface area contributed by atoms with E-state index in [9.17, 15) is 9.18 Å². The van der Waals surface area contributed by atoms with Gasteiger partial charge in [0, 0.05) is 30.7 Å². The lowest BCUT2D eigenvalue weighted by molar-refractivity contribution is -0.151. The molecule has 1 aromatic carbocycles. The SMILES string of the molecule is CC(=O)OC(C)(C)C.CC(C)CC(C)COc1ccc(-c2cc(N)nc3ccnn23)c(F)c1. The second-order valence-corrected chi connectivity index (χ2v) is 9.56. The molecule has 3 rings (SSSR count). The first-order valence-corrected chi connectivity index (χ1v) is 11.1. The number of hydrogen-bond acceptors (Lipinski definition) is 6. The van der Waals surface area contributed by atoms with E-state index in [1.165, 1.54) is 13.0 Å². The van der Waals surface area contributed by atoms with Gasteiger partial charge in [0.2, 0.25) is 0 Å². The molecule has 2 aromatic heterocycles. The first kappa shape index (κ1) is 26.1. The van der Waals surface area contributed by atoms with Gasteiger partial charge in [-0.1, -0.05) is 20.8 Å². The van der Waals surface area contributed by atoms with Crippen molar-refractivity contribution in [2.24, 2.45) is 11.8 Å². The molecule has 33 heavy (non-hydrogen) atoms. The minimum absolute atomic E-state index is 0.225. The Morgan fingerprint density at radius 2 is 1.88 bits per heavy atom. The highest BCUT2D eigenvalue weighted by molar-refractivity contribution is 5.67. The van der Waals surface area contributed by atoms with E-state index in [-0.39, 0.29) is 17.4 Å². The van der Waals surface area contributed by atoms with Crippen molar-refractivity contribution in [2.45, 2.75) is 60.5 Å². The number of esters is 1. The highest BCUT2D eigenvalue weighted by Crippen LogP contribution is 2.28. The van der Waals surface area contributed by atoms with Crippen LogP contribution in [0, 0.1) is 17.7 Å². The van der Waals surface area contributed by atoms with E-state index in [4.69, 9.17) is 15.2 Å². The average molecular weight is 459 g/mol. The molecule has 8 heteroatoms. The molecule has 1 atom stereocenters. The molecule has 0 saturated carbocycles. The number of fused-ring (bicyclic) bond motifs is 1. The van der Waals surface area contributed by atoms with E-state index < -0.39 is 0 Å². The summed E-state index contributed by atoms with van der Waals surface area (Å²) in [4.78, 5) is 14.4. The summed E-state index contributed by atoms with van der Waals surface area (Å²) < 4.78 is 26.8. The van der Waals surface area contributed by atoms with Crippen LogP contribution in [-0.4, -0.2) is 32.8 Å². The third kappa shape index (κ3) is 8.36. The number of rotatable bonds is 6. The van der Waals surface area contributed by atoms with Gasteiger partial charge in [0.25, 0.3) is 0 Å². The Bertz CT molecular complexity index is 1070. The third-order valence-electron chi connectivity index (χ3n) is 4.45. The lowest BCUT2D eigenvalue weighted by atomic mass is 10.00. The molecule has 7 nitrogen and oxygen atoms in total. The number of aromatic nitrogens is 3. The van der Waals surface area contributed by atoms with Gasteiger partial charge in [0.15, 0.2) is 5.65 Å². The minimum Gasteiger partial charge on any atom is -0.493 e. The number of hydrogen-bond donors (Lipinski definition) is 1. The monoisotopic (exact) mass is 458 g/mol. The van der Waals surface area contributed by atoms with Gasteiger partial charge < -0.3 is 15.2 Å². The van der Waals surface area contributed by atoms with Gasteiger partial charge in [-0.2, -0.15) is 5.10 Å². The summed E-state index contributed by atoms with van der Waals surface area (Å²) in [6, 6.07) is 8.21. The zero-order valence-electron chi connectivity index (χ0n) is 20.6. The maximum Gasteiger partial charge on any atom is 0.303 e. The molecule has 0 radical (unpaired) electrons. The summed E-state index contributed by atoms with van der Waals surface area (Å²) >= 11 is 0. The van der Waals surface area contributed by atoms with E-state index in [1.54, 1.807) is 35.0 Å². The standard InChI is InChI=1S/C19H23FN4O.C6H12O2/c1-12(2)8-13(3)11-25-14-4-5-15(16(20)9-14)17-10-18(21)23-19-6-7-22-24(17)19;1-5(7)8-6(2,3)4/h4-7,9-10,12-13H,8,11H2,1-3H3,(H2,21,23);1-4H3. The Balaban J connectivity index is 0.000000414. The van der Waals surface area contributed by atoms with E-state index in [0.29, 0.717) is 46.9 Å². The number of anilines is 1. The van der Waals surface area contributed by atoms with E-state index in [2.05, 4.69) is 30.9 Å². The van der Waals surface area contributed by atoms with Crippen LogP contribution >= 0.6 is 0 Å². The fourth-order valence-corrected chi connectivity index (χ4v) is 3.46. The van der Waals surface area contributed by atoms with Crippen LogP contribution in [0.5, 0.6) is 5.75 Å². The summed E-state index contributed by atoms with van der Waals surface area (Å²) in [5.41, 5.74) is 7.04. The van der Waals surface area contributed by atoms with Crippen molar-refractivity contribution in [3.05, 3.63) is 42.3 Å². The second-order valence-electron chi connectivity index (χ2n) is 9.56. The van der Waals surface area contributed by atoms with Crippen LogP contribution in [0.4, 0.5) is 10.2 Å². The number of halogens is 1. The fraction of sp³-hybridized carbons (Fsp3) is 0.480. The molecule has 0 fully saturated rings. The molecule has 2 heterocycles. The molecule has 1 unspecified atom stereocenters. The molecular weight excluding hydrogens is 423 g/mol. The molecule has 2 N–H and O–H groups in total. The topological polar surface area (TPSA) is 91.7 Å². The molecule has 0 aliphatic carbocycles. The van der Waals surface area contributed by atoms with Crippen LogP contribution in [0.15, 0.2) is 36.5 Å². The lowest BCUT2D eigenvalue weighted by Crippen LogP contribution is -2.21. The molecule has 0 spiro atoms. The van der Waals surface area contributed by atoms with E-state index in [1.807, 2.05) is 20.8 Å². The largest absolute Gasteiger partial charge is 0.493 e. The first-order valence-electron chi connectivity index (χ1n) is 11.1. The zero-order chi connectivity index (χ0) is 24.8. The number of benzene rings is 1. The van der Waals surface area contributed by atoms with E-state index >= 15 is 0 Å². The molecule has 3 aromatic rings. The summed E-state index contributed by atoms with van der Waals surface area (Å²) in [6.45, 7) is 14.0. The number of nitrogens with zero attached hydrogens (tertiary/aromatic N) is 3. The zero-order valence-corrected chi connectivity index (χ0v) is 20.6. The van der Waals surface area contributed by atoms with Crippen LogP contribution in [0.1, 0.15) is 54.9 Å². The summed E-state index contributed by atoms with van der Waals surface area (Å²) in [5.74, 6) is 1.28. The Hall–Kier alpha value is -3.16. The predicted molar refractivity (Wildman–Crippen MR) is 128 cm³/mol. The quantitative estimate of drug-likeness (QED) is 0.489. The Morgan fingerprint density at radius 3 is 2.42 bits per heavy atom. The molecule has 0 saturated heterocycles. The van der Waals surface area contributed by atoms with Crippen molar-refractivity contribution in [3.8, 4) is 17.0 Å². The van der Waals surface area contributed by atoms with Crippen LogP contribution in [0.2, 0.25) is 0 Å². The Kier molecular flexibility index (Phi) is 8.79. The van der Waals surface area contributed by atoms with Gasteiger partial charge in [0.05, 0.1) is 18.5 Å². The maximum absolute atomic E-state index is 14.7. The fourth-order valence-electron chi connectivity index (χ4n) is 3.46. The van der Waals surface area contributed by atoms with Gasteiger partial charge in [0.1, 0.15) is 23.0 Å². The molecule has 0 amide bonds. The third-order valence-corrected chi connectivity index (χ3v) is 4.45.